The van der Waals surface area contributed by atoms with Crippen LogP contribution < -0.4 is 15.4 Å². The van der Waals surface area contributed by atoms with E-state index < -0.39 is 23.7 Å². The van der Waals surface area contributed by atoms with Crippen LogP contribution in [0.4, 0.5) is 4.39 Å². The normalized spacial score (nSPS) is 17.9. The minimum absolute atomic E-state index is 0.0677. The molecule has 1 unspecified atom stereocenters. The van der Waals surface area contributed by atoms with Gasteiger partial charge in [-0.2, -0.15) is 0 Å². The van der Waals surface area contributed by atoms with Gasteiger partial charge in [-0.05, 0) is 42.3 Å². The minimum Gasteiger partial charge on any atom is -0.497 e. The first-order valence-electron chi connectivity index (χ1n) is 9.75. The molecule has 160 valence electrons. The van der Waals surface area contributed by atoms with Crippen molar-refractivity contribution in [2.24, 2.45) is 0 Å². The van der Waals surface area contributed by atoms with E-state index in [9.17, 15) is 23.6 Å². The van der Waals surface area contributed by atoms with Gasteiger partial charge >= 0.3 is 0 Å². The Kier molecular flexibility index (Phi) is 5.41. The van der Waals surface area contributed by atoms with E-state index in [0.29, 0.717) is 16.9 Å². The van der Waals surface area contributed by atoms with Crippen molar-refractivity contribution >= 4 is 23.6 Å². The van der Waals surface area contributed by atoms with Crippen molar-refractivity contribution in [1.82, 2.24) is 15.5 Å². The lowest BCUT2D eigenvalue weighted by atomic mass is 10.0. The summed E-state index contributed by atoms with van der Waals surface area (Å²) < 4.78 is 19.7. The van der Waals surface area contributed by atoms with Crippen molar-refractivity contribution in [1.29, 1.82) is 0 Å². The standard InChI is InChI=1S/C22H20FN3O5/c1-31-15-4-2-3-12(8-15)20(28)24-10-13-7-14-11-26(22(30)16(14)9-17(13)23)18-5-6-19(27)25-21(18)29/h2-4,7-9,18H,5-6,10-11H2,1H3,(H,24,28)(H,25,27,29). The Labute approximate surface area is 177 Å². The molecule has 2 N–H and O–H groups in total. The Hall–Kier alpha value is -3.75. The smallest absolute Gasteiger partial charge is 0.255 e. The summed E-state index contributed by atoms with van der Waals surface area (Å²) in [4.78, 5) is 49.9. The van der Waals surface area contributed by atoms with Gasteiger partial charge in [0.05, 0.1) is 7.11 Å². The van der Waals surface area contributed by atoms with Crippen LogP contribution in [-0.4, -0.2) is 41.7 Å². The molecule has 2 aliphatic rings. The number of halogens is 1. The van der Waals surface area contributed by atoms with Crippen molar-refractivity contribution in [3.8, 4) is 5.75 Å². The first-order chi connectivity index (χ1) is 14.9. The molecule has 4 rings (SSSR count). The molecule has 0 aromatic heterocycles. The fraction of sp³-hybridized carbons (Fsp3) is 0.273. The Morgan fingerprint density at radius 3 is 2.81 bits per heavy atom. The summed E-state index contributed by atoms with van der Waals surface area (Å²) in [5.41, 5.74) is 1.36. The number of nitrogens with zero attached hydrogens (tertiary/aromatic N) is 1. The molecule has 0 aliphatic carbocycles. The number of hydrogen-bond acceptors (Lipinski definition) is 5. The summed E-state index contributed by atoms with van der Waals surface area (Å²) in [7, 11) is 1.50. The van der Waals surface area contributed by atoms with E-state index in [1.807, 2.05) is 0 Å². The highest BCUT2D eigenvalue weighted by Gasteiger charge is 2.39. The van der Waals surface area contributed by atoms with Crippen molar-refractivity contribution in [3.63, 3.8) is 0 Å². The van der Waals surface area contributed by atoms with Crippen LogP contribution in [0.1, 0.15) is 44.7 Å². The maximum atomic E-state index is 14.6. The lowest BCUT2D eigenvalue weighted by Crippen LogP contribution is -2.52. The number of ether oxygens (including phenoxy) is 1. The summed E-state index contributed by atoms with van der Waals surface area (Å²) in [5.74, 6) is -1.82. The van der Waals surface area contributed by atoms with Crippen LogP contribution >= 0.6 is 0 Å². The van der Waals surface area contributed by atoms with Crippen molar-refractivity contribution in [2.75, 3.05) is 7.11 Å². The molecule has 9 heteroatoms. The molecule has 2 heterocycles. The molecule has 1 fully saturated rings. The molecule has 2 aliphatic heterocycles. The Morgan fingerprint density at radius 2 is 2.06 bits per heavy atom. The number of carbonyl (C=O) groups is 4. The Bertz CT molecular complexity index is 1100. The molecule has 1 saturated heterocycles. The average Bonchev–Trinajstić information content (AvgIpc) is 3.07. The van der Waals surface area contributed by atoms with Gasteiger partial charge in [0, 0.05) is 36.2 Å². The van der Waals surface area contributed by atoms with Gasteiger partial charge in [-0.15, -0.1) is 0 Å². The average molecular weight is 425 g/mol. The van der Waals surface area contributed by atoms with Crippen molar-refractivity contribution in [2.45, 2.75) is 32.0 Å². The van der Waals surface area contributed by atoms with Crippen LogP contribution in [0.15, 0.2) is 36.4 Å². The largest absolute Gasteiger partial charge is 0.497 e. The van der Waals surface area contributed by atoms with E-state index in [4.69, 9.17) is 4.74 Å². The second-order valence-corrected chi connectivity index (χ2v) is 7.42. The number of hydrogen-bond donors (Lipinski definition) is 2. The number of methoxy groups -OCH3 is 1. The van der Waals surface area contributed by atoms with Gasteiger partial charge in [0.1, 0.15) is 17.6 Å². The predicted octanol–water partition coefficient (Wildman–Crippen LogP) is 1.53. The minimum atomic E-state index is -0.767. The van der Waals surface area contributed by atoms with Crippen LogP contribution in [0.5, 0.6) is 5.75 Å². The molecule has 0 spiro atoms. The van der Waals surface area contributed by atoms with Crippen molar-refractivity contribution in [3.05, 3.63) is 64.5 Å². The summed E-state index contributed by atoms with van der Waals surface area (Å²) in [6, 6.07) is 8.48. The van der Waals surface area contributed by atoms with Gasteiger partial charge in [0.25, 0.3) is 11.8 Å². The van der Waals surface area contributed by atoms with Gasteiger partial charge in [0.2, 0.25) is 11.8 Å². The molecular formula is C22H20FN3O5. The Balaban J connectivity index is 1.48. The number of amides is 4. The lowest BCUT2D eigenvalue weighted by molar-refractivity contribution is -0.136. The summed E-state index contributed by atoms with van der Waals surface area (Å²) in [5, 5.41) is 4.89. The molecule has 31 heavy (non-hydrogen) atoms. The maximum absolute atomic E-state index is 14.6. The molecule has 0 bridgehead atoms. The van der Waals surface area contributed by atoms with Gasteiger partial charge in [-0.25, -0.2) is 4.39 Å². The van der Waals surface area contributed by atoms with E-state index in [1.165, 1.54) is 18.1 Å². The highest BCUT2D eigenvalue weighted by molar-refractivity contribution is 6.05. The molecule has 4 amide bonds. The zero-order chi connectivity index (χ0) is 22.1. The second-order valence-electron chi connectivity index (χ2n) is 7.42. The van der Waals surface area contributed by atoms with E-state index in [1.54, 1.807) is 24.3 Å². The summed E-state index contributed by atoms with van der Waals surface area (Å²) in [6.07, 6.45) is 0.378. The van der Waals surface area contributed by atoms with E-state index in [2.05, 4.69) is 10.6 Å². The number of nitrogens with one attached hydrogen (secondary N) is 2. The van der Waals surface area contributed by atoms with Gasteiger partial charge in [-0.3, -0.25) is 24.5 Å². The van der Waals surface area contributed by atoms with Crippen LogP contribution in [0.3, 0.4) is 0 Å². The molecule has 0 saturated carbocycles. The molecule has 8 nitrogen and oxygen atoms in total. The quantitative estimate of drug-likeness (QED) is 0.707. The van der Waals surface area contributed by atoms with Crippen LogP contribution in [-0.2, 0) is 22.7 Å². The number of rotatable bonds is 5. The molecular weight excluding hydrogens is 405 g/mol. The van der Waals surface area contributed by atoms with Crippen molar-refractivity contribution < 1.29 is 28.3 Å². The zero-order valence-electron chi connectivity index (χ0n) is 16.7. The predicted molar refractivity (Wildman–Crippen MR) is 107 cm³/mol. The number of benzene rings is 2. The SMILES string of the molecule is COc1cccc(C(=O)NCc2cc3c(cc2F)C(=O)N(C2CCC(=O)NC2=O)C3)c1. The first kappa shape index (κ1) is 20.5. The molecule has 0 radical (unpaired) electrons. The first-order valence-corrected chi connectivity index (χ1v) is 9.75. The molecule has 2 aromatic rings. The van der Waals surface area contributed by atoms with Crippen LogP contribution in [0.2, 0.25) is 0 Å². The third kappa shape index (κ3) is 3.98. The monoisotopic (exact) mass is 425 g/mol. The van der Waals surface area contributed by atoms with E-state index in [-0.39, 0.29) is 48.9 Å². The zero-order valence-corrected chi connectivity index (χ0v) is 16.7. The lowest BCUT2D eigenvalue weighted by Gasteiger charge is -2.29. The van der Waals surface area contributed by atoms with Crippen LogP contribution in [0, 0.1) is 5.82 Å². The number of piperidine rings is 1. The molecule has 2 aromatic carbocycles. The fourth-order valence-electron chi connectivity index (χ4n) is 3.82. The third-order valence-electron chi connectivity index (χ3n) is 5.46. The molecule has 1 atom stereocenters. The van der Waals surface area contributed by atoms with E-state index >= 15 is 0 Å². The summed E-state index contributed by atoms with van der Waals surface area (Å²) >= 11 is 0. The topological polar surface area (TPSA) is 105 Å². The highest BCUT2D eigenvalue weighted by atomic mass is 19.1. The fourth-order valence-corrected chi connectivity index (χ4v) is 3.82. The Morgan fingerprint density at radius 1 is 1.26 bits per heavy atom. The highest BCUT2D eigenvalue weighted by Crippen LogP contribution is 2.29. The number of imide groups is 1. The summed E-state index contributed by atoms with van der Waals surface area (Å²) in [6.45, 7) is 0.0688. The van der Waals surface area contributed by atoms with Gasteiger partial charge in [0.15, 0.2) is 0 Å². The maximum Gasteiger partial charge on any atom is 0.255 e. The van der Waals surface area contributed by atoms with Gasteiger partial charge in [-0.1, -0.05) is 6.07 Å². The second kappa shape index (κ2) is 8.17. The third-order valence-corrected chi connectivity index (χ3v) is 5.46. The van der Waals surface area contributed by atoms with Gasteiger partial charge < -0.3 is 15.0 Å². The number of carbonyl (C=O) groups excluding carboxylic acids is 4. The van der Waals surface area contributed by atoms with E-state index in [0.717, 1.165) is 6.07 Å². The number of fused-ring (bicyclic) bond motifs is 1. The van der Waals surface area contributed by atoms with Crippen LogP contribution in [0.25, 0.3) is 0 Å².